The van der Waals surface area contributed by atoms with E-state index < -0.39 is 16.1 Å². The zero-order valence-corrected chi connectivity index (χ0v) is 14.1. The van der Waals surface area contributed by atoms with Crippen molar-refractivity contribution in [2.24, 2.45) is 0 Å². The molecule has 23 heavy (non-hydrogen) atoms. The van der Waals surface area contributed by atoms with Crippen LogP contribution in [0.4, 0.5) is 0 Å². The first-order valence-electron chi connectivity index (χ1n) is 7.23. The minimum atomic E-state index is -3.62. The average molecular weight is 346 g/mol. The van der Waals surface area contributed by atoms with Gasteiger partial charge in [0.2, 0.25) is 10.0 Å². The number of fused-ring (bicyclic) bond motifs is 1. The summed E-state index contributed by atoms with van der Waals surface area (Å²) in [6.45, 7) is 1.78. The molecule has 0 amide bonds. The Kier molecular flexibility index (Phi) is 4.39. The van der Waals surface area contributed by atoms with Crippen LogP contribution < -0.4 is 4.72 Å². The van der Waals surface area contributed by atoms with Crippen molar-refractivity contribution in [1.29, 1.82) is 0 Å². The lowest BCUT2D eigenvalue weighted by Gasteiger charge is -2.16. The molecule has 0 saturated carbocycles. The van der Waals surface area contributed by atoms with Crippen molar-refractivity contribution in [2.45, 2.75) is 17.9 Å². The normalized spacial score (nSPS) is 13.1. The number of halogens is 1. The summed E-state index contributed by atoms with van der Waals surface area (Å²) in [4.78, 5) is 0.245. The molecule has 5 heteroatoms. The monoisotopic (exact) mass is 345 g/mol. The van der Waals surface area contributed by atoms with E-state index in [0.29, 0.717) is 5.02 Å². The largest absolute Gasteiger partial charge is 0.241 e. The third kappa shape index (κ3) is 3.39. The highest BCUT2D eigenvalue weighted by molar-refractivity contribution is 7.89. The minimum Gasteiger partial charge on any atom is -0.207 e. The molecule has 0 fully saturated rings. The van der Waals surface area contributed by atoms with Gasteiger partial charge in [-0.15, -0.1) is 0 Å². The minimum absolute atomic E-state index is 0.245. The summed E-state index contributed by atoms with van der Waals surface area (Å²) in [6.07, 6.45) is 0. The lowest BCUT2D eigenvalue weighted by molar-refractivity contribution is 0.567. The van der Waals surface area contributed by atoms with Gasteiger partial charge < -0.3 is 0 Å². The molecule has 0 aliphatic heterocycles. The van der Waals surface area contributed by atoms with Crippen molar-refractivity contribution in [1.82, 2.24) is 4.72 Å². The SMILES string of the molecule is C[C@H](NS(=O)(=O)c1ccc2ccccc2c1)c1ccccc1Cl. The molecule has 3 aromatic carbocycles. The fourth-order valence-electron chi connectivity index (χ4n) is 2.53. The molecule has 0 aliphatic rings. The third-order valence-electron chi connectivity index (χ3n) is 3.73. The van der Waals surface area contributed by atoms with Gasteiger partial charge in [0.25, 0.3) is 0 Å². The lowest BCUT2D eigenvalue weighted by atomic mass is 10.1. The molecule has 0 radical (unpaired) electrons. The van der Waals surface area contributed by atoms with Crippen molar-refractivity contribution in [3.8, 4) is 0 Å². The van der Waals surface area contributed by atoms with Crippen LogP contribution in [-0.4, -0.2) is 8.42 Å². The molecule has 118 valence electrons. The number of sulfonamides is 1. The summed E-state index contributed by atoms with van der Waals surface area (Å²) in [5.74, 6) is 0. The smallest absolute Gasteiger partial charge is 0.207 e. The molecule has 0 saturated heterocycles. The van der Waals surface area contributed by atoms with Crippen molar-refractivity contribution in [3.05, 3.63) is 77.3 Å². The molecule has 0 unspecified atom stereocenters. The van der Waals surface area contributed by atoms with Gasteiger partial charge >= 0.3 is 0 Å². The van der Waals surface area contributed by atoms with E-state index in [-0.39, 0.29) is 4.90 Å². The second-order valence-electron chi connectivity index (χ2n) is 5.37. The summed E-state index contributed by atoms with van der Waals surface area (Å²) in [6, 6.07) is 19.6. The summed E-state index contributed by atoms with van der Waals surface area (Å²) >= 11 is 6.14. The Labute approximate surface area is 141 Å². The van der Waals surface area contributed by atoms with E-state index in [2.05, 4.69) is 4.72 Å². The molecular formula is C18H16ClNO2S. The number of hydrogen-bond donors (Lipinski definition) is 1. The summed E-state index contributed by atoms with van der Waals surface area (Å²) in [5, 5.41) is 2.44. The molecule has 3 aromatic rings. The number of hydrogen-bond acceptors (Lipinski definition) is 2. The zero-order chi connectivity index (χ0) is 16.4. The maximum absolute atomic E-state index is 12.6. The van der Waals surface area contributed by atoms with Crippen LogP contribution in [-0.2, 0) is 10.0 Å². The predicted octanol–water partition coefficient (Wildman–Crippen LogP) is 4.53. The highest BCUT2D eigenvalue weighted by Gasteiger charge is 2.19. The first kappa shape index (κ1) is 16.0. The topological polar surface area (TPSA) is 46.2 Å². The van der Waals surface area contributed by atoms with Crippen LogP contribution in [0.5, 0.6) is 0 Å². The molecule has 3 rings (SSSR count). The predicted molar refractivity (Wildman–Crippen MR) is 94.1 cm³/mol. The maximum atomic E-state index is 12.6. The fourth-order valence-corrected chi connectivity index (χ4v) is 4.08. The Morgan fingerprint density at radius 2 is 1.57 bits per heavy atom. The number of rotatable bonds is 4. The van der Waals surface area contributed by atoms with E-state index in [1.165, 1.54) is 0 Å². The number of benzene rings is 3. The second-order valence-corrected chi connectivity index (χ2v) is 7.49. The lowest BCUT2D eigenvalue weighted by Crippen LogP contribution is -2.27. The third-order valence-corrected chi connectivity index (χ3v) is 5.62. The molecule has 3 nitrogen and oxygen atoms in total. The molecular weight excluding hydrogens is 330 g/mol. The van der Waals surface area contributed by atoms with Gasteiger partial charge in [-0.1, -0.05) is 60.1 Å². The molecule has 0 bridgehead atoms. The Hall–Kier alpha value is -1.88. The van der Waals surface area contributed by atoms with E-state index in [9.17, 15) is 8.42 Å². The van der Waals surface area contributed by atoms with Crippen LogP contribution in [0.3, 0.4) is 0 Å². The summed E-state index contributed by atoms with van der Waals surface area (Å²) in [7, 11) is -3.62. The average Bonchev–Trinajstić information content (AvgIpc) is 2.54. The molecule has 1 atom stereocenters. The first-order valence-corrected chi connectivity index (χ1v) is 9.09. The number of nitrogens with one attached hydrogen (secondary N) is 1. The van der Waals surface area contributed by atoms with E-state index in [0.717, 1.165) is 16.3 Å². The van der Waals surface area contributed by atoms with Crippen LogP contribution in [0.2, 0.25) is 5.02 Å². The Morgan fingerprint density at radius 1 is 0.913 bits per heavy atom. The van der Waals surface area contributed by atoms with E-state index in [4.69, 9.17) is 11.6 Å². The van der Waals surface area contributed by atoms with Gasteiger partial charge in [0.1, 0.15) is 0 Å². The van der Waals surface area contributed by atoms with Gasteiger partial charge in [0.15, 0.2) is 0 Å². The van der Waals surface area contributed by atoms with Gasteiger partial charge in [-0.3, -0.25) is 0 Å². The van der Waals surface area contributed by atoms with E-state index in [1.807, 2.05) is 48.5 Å². The van der Waals surface area contributed by atoms with Crippen LogP contribution in [0, 0.1) is 0 Å². The Balaban J connectivity index is 1.92. The van der Waals surface area contributed by atoms with Crippen molar-refractivity contribution >= 4 is 32.4 Å². The molecule has 0 spiro atoms. The van der Waals surface area contributed by atoms with Crippen LogP contribution in [0.1, 0.15) is 18.5 Å². The van der Waals surface area contributed by atoms with Crippen molar-refractivity contribution < 1.29 is 8.42 Å². The zero-order valence-electron chi connectivity index (χ0n) is 12.5. The second kappa shape index (κ2) is 6.32. The van der Waals surface area contributed by atoms with Gasteiger partial charge in [-0.25, -0.2) is 13.1 Å². The molecule has 0 aliphatic carbocycles. The molecule has 0 heterocycles. The highest BCUT2D eigenvalue weighted by atomic mass is 35.5. The first-order chi connectivity index (χ1) is 11.0. The van der Waals surface area contributed by atoms with Gasteiger partial charge in [0.05, 0.1) is 4.90 Å². The molecule has 1 N–H and O–H groups in total. The van der Waals surface area contributed by atoms with Gasteiger partial charge in [-0.05, 0) is 41.5 Å². The van der Waals surface area contributed by atoms with E-state index >= 15 is 0 Å². The van der Waals surface area contributed by atoms with Crippen LogP contribution in [0.25, 0.3) is 10.8 Å². The quantitative estimate of drug-likeness (QED) is 0.755. The summed E-state index contributed by atoms with van der Waals surface area (Å²) in [5.41, 5.74) is 0.749. The van der Waals surface area contributed by atoms with Crippen molar-refractivity contribution in [3.63, 3.8) is 0 Å². The Bertz CT molecular complexity index is 954. The summed E-state index contributed by atoms with van der Waals surface area (Å²) < 4.78 is 27.9. The fraction of sp³-hybridized carbons (Fsp3) is 0.111. The maximum Gasteiger partial charge on any atom is 0.241 e. The van der Waals surface area contributed by atoms with Crippen molar-refractivity contribution in [2.75, 3.05) is 0 Å². The standard InChI is InChI=1S/C18H16ClNO2S/c1-13(17-8-4-5-9-18(17)19)20-23(21,22)16-11-10-14-6-2-3-7-15(14)12-16/h2-13,20H,1H3/t13-/m0/s1. The molecule has 0 aromatic heterocycles. The highest BCUT2D eigenvalue weighted by Crippen LogP contribution is 2.25. The van der Waals surface area contributed by atoms with Gasteiger partial charge in [0, 0.05) is 11.1 Å². The van der Waals surface area contributed by atoms with Crippen LogP contribution in [0.15, 0.2) is 71.6 Å². The van der Waals surface area contributed by atoms with Gasteiger partial charge in [-0.2, -0.15) is 0 Å². The van der Waals surface area contributed by atoms with Crippen LogP contribution >= 0.6 is 11.6 Å². The van der Waals surface area contributed by atoms with E-state index in [1.54, 1.807) is 25.1 Å². The Morgan fingerprint density at radius 3 is 2.30 bits per heavy atom.